The topological polar surface area (TPSA) is 136 Å². The van der Waals surface area contributed by atoms with Crippen LogP contribution in [0.5, 0.6) is 5.75 Å². The molecule has 4 aromatic rings. The summed E-state index contributed by atoms with van der Waals surface area (Å²) in [6.07, 6.45) is 1.08. The van der Waals surface area contributed by atoms with Gasteiger partial charge >= 0.3 is 5.69 Å². The third-order valence-corrected chi connectivity index (χ3v) is 6.38. The SMILES string of the molecule is O=C(CSc1nnc(-c2cccc(Br)c2)n1-c1ccccc1)N/N=C\c1cc(Cl)cc([N+](=O)[O-])c1O. The number of benzene rings is 3. The van der Waals surface area contributed by atoms with Gasteiger partial charge in [-0.25, -0.2) is 5.43 Å². The molecule has 0 unspecified atom stereocenters. The van der Waals surface area contributed by atoms with Gasteiger partial charge in [0.15, 0.2) is 11.0 Å². The lowest BCUT2D eigenvalue weighted by atomic mass is 10.2. The van der Waals surface area contributed by atoms with E-state index in [1.54, 1.807) is 0 Å². The zero-order valence-electron chi connectivity index (χ0n) is 18.2. The van der Waals surface area contributed by atoms with E-state index >= 15 is 0 Å². The molecule has 0 bridgehead atoms. The lowest BCUT2D eigenvalue weighted by Gasteiger charge is -2.10. The van der Waals surface area contributed by atoms with Crippen LogP contribution in [0.2, 0.25) is 5.02 Å². The molecule has 3 aromatic carbocycles. The lowest BCUT2D eigenvalue weighted by Crippen LogP contribution is -2.20. The molecule has 2 N–H and O–H groups in total. The minimum Gasteiger partial charge on any atom is -0.502 e. The lowest BCUT2D eigenvalue weighted by molar-refractivity contribution is -0.385. The molecule has 36 heavy (non-hydrogen) atoms. The van der Waals surface area contributed by atoms with Crippen LogP contribution in [0.4, 0.5) is 5.69 Å². The number of nitro benzene ring substituents is 1. The van der Waals surface area contributed by atoms with Gasteiger partial charge in [-0.05, 0) is 30.3 Å². The Morgan fingerprint density at radius 2 is 1.97 bits per heavy atom. The molecule has 0 aliphatic rings. The van der Waals surface area contributed by atoms with E-state index in [9.17, 15) is 20.0 Å². The van der Waals surface area contributed by atoms with E-state index in [-0.39, 0.29) is 16.3 Å². The number of thioether (sulfide) groups is 1. The fourth-order valence-electron chi connectivity index (χ4n) is 3.17. The van der Waals surface area contributed by atoms with Gasteiger partial charge in [0.05, 0.1) is 16.9 Å². The van der Waals surface area contributed by atoms with E-state index in [1.165, 1.54) is 6.07 Å². The molecular formula is C23H16BrClN6O4S. The first-order valence-corrected chi connectivity index (χ1v) is 12.4. The fourth-order valence-corrected chi connectivity index (χ4v) is 4.53. The third-order valence-electron chi connectivity index (χ3n) is 4.74. The Bertz CT molecular complexity index is 1460. The first-order valence-electron chi connectivity index (χ1n) is 10.2. The highest BCUT2D eigenvalue weighted by Gasteiger charge is 2.19. The van der Waals surface area contributed by atoms with Crippen LogP contribution in [-0.4, -0.2) is 42.7 Å². The summed E-state index contributed by atoms with van der Waals surface area (Å²) < 4.78 is 2.75. The van der Waals surface area contributed by atoms with Crippen LogP contribution in [0.25, 0.3) is 17.1 Å². The van der Waals surface area contributed by atoms with Gasteiger partial charge in [-0.15, -0.1) is 10.2 Å². The van der Waals surface area contributed by atoms with Crippen LogP contribution in [0, 0.1) is 10.1 Å². The number of hydrazone groups is 1. The first kappa shape index (κ1) is 25.4. The largest absolute Gasteiger partial charge is 0.502 e. The van der Waals surface area contributed by atoms with Crippen molar-refractivity contribution in [3.8, 4) is 22.8 Å². The van der Waals surface area contributed by atoms with E-state index in [0.717, 1.165) is 39.8 Å². The third kappa shape index (κ3) is 5.90. The molecule has 0 saturated carbocycles. The number of rotatable bonds is 8. The van der Waals surface area contributed by atoms with Crippen molar-refractivity contribution in [2.45, 2.75) is 5.16 Å². The number of carbonyl (C=O) groups is 1. The van der Waals surface area contributed by atoms with Crippen LogP contribution < -0.4 is 5.43 Å². The second-order valence-corrected chi connectivity index (χ2v) is 9.48. The van der Waals surface area contributed by atoms with Crippen LogP contribution >= 0.6 is 39.3 Å². The number of nitrogens with zero attached hydrogens (tertiary/aromatic N) is 5. The summed E-state index contributed by atoms with van der Waals surface area (Å²) in [6.45, 7) is 0. The number of amides is 1. The number of hydrogen-bond acceptors (Lipinski definition) is 8. The highest BCUT2D eigenvalue weighted by Crippen LogP contribution is 2.32. The molecule has 1 aromatic heterocycles. The summed E-state index contributed by atoms with van der Waals surface area (Å²) in [6, 6.07) is 19.5. The van der Waals surface area contributed by atoms with Crippen molar-refractivity contribution in [1.29, 1.82) is 0 Å². The summed E-state index contributed by atoms with van der Waals surface area (Å²) in [4.78, 5) is 22.7. The monoisotopic (exact) mass is 586 g/mol. The molecular weight excluding hydrogens is 572 g/mol. The molecule has 4 rings (SSSR count). The number of hydrogen-bond donors (Lipinski definition) is 2. The smallest absolute Gasteiger partial charge is 0.312 e. The molecule has 0 radical (unpaired) electrons. The van der Waals surface area contributed by atoms with Crippen molar-refractivity contribution in [3.05, 3.63) is 91.9 Å². The summed E-state index contributed by atoms with van der Waals surface area (Å²) in [7, 11) is 0. The van der Waals surface area contributed by atoms with E-state index in [2.05, 4.69) is 36.7 Å². The number of halogens is 2. The maximum atomic E-state index is 12.4. The Morgan fingerprint density at radius 3 is 2.69 bits per heavy atom. The highest BCUT2D eigenvalue weighted by atomic mass is 79.9. The van der Waals surface area contributed by atoms with E-state index < -0.39 is 22.3 Å². The van der Waals surface area contributed by atoms with Crippen molar-refractivity contribution >= 4 is 57.1 Å². The Labute approximate surface area is 222 Å². The Kier molecular flexibility index (Phi) is 7.98. The molecule has 1 amide bonds. The maximum absolute atomic E-state index is 12.4. The number of phenols is 1. The molecule has 0 aliphatic heterocycles. The quantitative estimate of drug-likeness (QED) is 0.125. The van der Waals surface area contributed by atoms with Crippen LogP contribution in [-0.2, 0) is 4.79 Å². The second-order valence-electron chi connectivity index (χ2n) is 7.19. The minimum atomic E-state index is -0.765. The highest BCUT2D eigenvalue weighted by molar-refractivity contribution is 9.10. The number of para-hydroxylation sites is 1. The van der Waals surface area contributed by atoms with Gasteiger partial charge in [-0.3, -0.25) is 19.5 Å². The molecule has 0 saturated heterocycles. The average molecular weight is 588 g/mol. The van der Waals surface area contributed by atoms with E-state index in [1.807, 2.05) is 59.2 Å². The molecule has 13 heteroatoms. The molecule has 1 heterocycles. The van der Waals surface area contributed by atoms with Gasteiger partial charge in [0.25, 0.3) is 5.91 Å². The normalized spacial score (nSPS) is 11.1. The van der Waals surface area contributed by atoms with Crippen molar-refractivity contribution in [3.63, 3.8) is 0 Å². The van der Waals surface area contributed by atoms with Gasteiger partial charge in [0.2, 0.25) is 5.75 Å². The number of aromatic hydroxyl groups is 1. The Hall–Kier alpha value is -3.74. The number of carbonyl (C=O) groups excluding carboxylic acids is 1. The first-order chi connectivity index (χ1) is 17.3. The van der Waals surface area contributed by atoms with Crippen LogP contribution in [0.15, 0.2) is 81.5 Å². The zero-order chi connectivity index (χ0) is 25.7. The number of nitrogens with one attached hydrogen (secondary N) is 1. The van der Waals surface area contributed by atoms with Crippen molar-refractivity contribution in [1.82, 2.24) is 20.2 Å². The minimum absolute atomic E-state index is 0.00959. The van der Waals surface area contributed by atoms with Crippen molar-refractivity contribution < 1.29 is 14.8 Å². The maximum Gasteiger partial charge on any atom is 0.312 e. The second kappa shape index (κ2) is 11.3. The summed E-state index contributed by atoms with van der Waals surface area (Å²) in [5, 5.41) is 34.0. The average Bonchev–Trinajstić information content (AvgIpc) is 3.29. The number of phenolic OH excluding ortho intramolecular Hbond substituents is 1. The van der Waals surface area contributed by atoms with Gasteiger partial charge in [0.1, 0.15) is 0 Å². The van der Waals surface area contributed by atoms with E-state index in [4.69, 9.17) is 11.6 Å². The van der Waals surface area contributed by atoms with Crippen LogP contribution in [0.3, 0.4) is 0 Å². The number of nitro groups is 1. The van der Waals surface area contributed by atoms with Crippen molar-refractivity contribution in [2.24, 2.45) is 5.10 Å². The zero-order valence-corrected chi connectivity index (χ0v) is 21.4. The van der Waals surface area contributed by atoms with E-state index in [0.29, 0.717) is 11.0 Å². The fraction of sp³-hybridized carbons (Fsp3) is 0.0435. The van der Waals surface area contributed by atoms with Gasteiger partial charge in [0, 0.05) is 32.4 Å². The molecule has 0 aliphatic carbocycles. The molecule has 0 atom stereocenters. The standard InChI is InChI=1S/C23H16BrClN6O4S/c24-16-6-4-5-14(9-16)22-28-29-23(30(22)18-7-2-1-3-8-18)36-13-20(32)27-26-12-15-10-17(25)11-19(21(15)33)31(34)35/h1-12,33H,13H2,(H,27,32)/b26-12-. The van der Waals surface area contributed by atoms with Gasteiger partial charge in [-0.2, -0.15) is 5.10 Å². The summed E-state index contributed by atoms with van der Waals surface area (Å²) >= 11 is 10.5. The molecule has 10 nitrogen and oxygen atoms in total. The van der Waals surface area contributed by atoms with Gasteiger partial charge in [-0.1, -0.05) is 69.6 Å². The summed E-state index contributed by atoms with van der Waals surface area (Å²) in [5.41, 5.74) is 3.43. The summed E-state index contributed by atoms with van der Waals surface area (Å²) in [5.74, 6) is -0.490. The van der Waals surface area contributed by atoms with Crippen molar-refractivity contribution in [2.75, 3.05) is 5.75 Å². The molecule has 0 fully saturated rings. The predicted molar refractivity (Wildman–Crippen MR) is 141 cm³/mol. The Morgan fingerprint density at radius 1 is 1.19 bits per heavy atom. The molecule has 0 spiro atoms. The molecule has 182 valence electrons. The van der Waals surface area contributed by atoms with Crippen LogP contribution in [0.1, 0.15) is 5.56 Å². The number of aromatic nitrogens is 3. The van der Waals surface area contributed by atoms with Gasteiger partial charge < -0.3 is 5.11 Å². The Balaban J connectivity index is 1.50. The predicted octanol–water partition coefficient (Wildman–Crippen LogP) is 5.21.